The summed E-state index contributed by atoms with van der Waals surface area (Å²) < 4.78 is 5.26. The molecule has 0 radical (unpaired) electrons. The number of hydrogen-bond acceptors (Lipinski definition) is 3. The van der Waals surface area contributed by atoms with Crippen LogP contribution in [0.5, 0.6) is 5.75 Å². The molecule has 0 saturated carbocycles. The lowest BCUT2D eigenvalue weighted by molar-refractivity contribution is 0.0885. The van der Waals surface area contributed by atoms with Crippen LogP contribution in [0.4, 0.5) is 0 Å². The first-order valence-electron chi connectivity index (χ1n) is 6.96. The van der Waals surface area contributed by atoms with Gasteiger partial charge in [0.1, 0.15) is 12.4 Å². The largest absolute Gasteiger partial charge is 0.481 e. The van der Waals surface area contributed by atoms with E-state index in [1.165, 1.54) is 0 Å². The molecule has 0 heterocycles. The molecule has 0 bridgehead atoms. The molecule has 4 nitrogen and oxygen atoms in total. The number of benzene rings is 1. The predicted octanol–water partition coefficient (Wildman–Crippen LogP) is 2.23. The van der Waals surface area contributed by atoms with Gasteiger partial charge in [0.15, 0.2) is 0 Å². The second-order valence-electron chi connectivity index (χ2n) is 5.92. The molecule has 0 fully saturated rings. The van der Waals surface area contributed by atoms with Crippen LogP contribution < -0.4 is 10.1 Å². The van der Waals surface area contributed by atoms with E-state index in [2.05, 4.69) is 11.2 Å². The average molecular weight is 289 g/mol. The van der Waals surface area contributed by atoms with Crippen LogP contribution in [0.3, 0.4) is 0 Å². The molecule has 1 aromatic rings. The molecule has 1 atom stereocenters. The lowest BCUT2D eigenvalue weighted by Gasteiger charge is -2.31. The van der Waals surface area contributed by atoms with Crippen molar-refractivity contribution in [2.24, 2.45) is 5.41 Å². The van der Waals surface area contributed by atoms with Crippen LogP contribution in [0, 0.1) is 17.8 Å². The summed E-state index contributed by atoms with van der Waals surface area (Å²) >= 11 is 0. The molecule has 0 saturated heterocycles. The zero-order valence-electron chi connectivity index (χ0n) is 12.8. The molecule has 4 heteroatoms. The van der Waals surface area contributed by atoms with Gasteiger partial charge in [-0.05, 0) is 36.1 Å². The van der Waals surface area contributed by atoms with Crippen molar-refractivity contribution in [3.05, 3.63) is 29.8 Å². The van der Waals surface area contributed by atoms with Crippen molar-refractivity contribution in [1.82, 2.24) is 5.32 Å². The van der Waals surface area contributed by atoms with Crippen molar-refractivity contribution in [1.29, 1.82) is 0 Å². The first kappa shape index (κ1) is 17.1. The fourth-order valence-corrected chi connectivity index (χ4v) is 1.92. The van der Waals surface area contributed by atoms with Crippen LogP contribution >= 0.6 is 0 Å². The molecule has 0 aliphatic rings. The van der Waals surface area contributed by atoms with E-state index in [-0.39, 0.29) is 30.6 Å². The summed E-state index contributed by atoms with van der Waals surface area (Å²) in [7, 11) is 0. The molecular weight excluding hydrogens is 266 g/mol. The van der Waals surface area contributed by atoms with Crippen molar-refractivity contribution in [2.75, 3.05) is 13.2 Å². The Kier molecular flexibility index (Phi) is 6.26. The minimum absolute atomic E-state index is 0.0427. The summed E-state index contributed by atoms with van der Waals surface area (Å²) in [5, 5.41) is 12.1. The van der Waals surface area contributed by atoms with E-state index in [9.17, 15) is 4.79 Å². The van der Waals surface area contributed by atoms with Gasteiger partial charge < -0.3 is 15.2 Å². The second-order valence-corrected chi connectivity index (χ2v) is 5.92. The monoisotopic (exact) mass is 289 g/mol. The lowest BCUT2D eigenvalue weighted by atomic mass is 9.85. The van der Waals surface area contributed by atoms with E-state index in [0.29, 0.717) is 17.7 Å². The van der Waals surface area contributed by atoms with Crippen LogP contribution in [0.2, 0.25) is 0 Å². The summed E-state index contributed by atoms with van der Waals surface area (Å²) in [5.74, 6) is 2.86. The summed E-state index contributed by atoms with van der Waals surface area (Å²) in [6.07, 6.45) is 5.65. The Balaban J connectivity index is 2.72. The summed E-state index contributed by atoms with van der Waals surface area (Å²) in [4.78, 5) is 12.2. The predicted molar refractivity (Wildman–Crippen MR) is 83.2 cm³/mol. The third kappa shape index (κ3) is 5.49. The maximum absolute atomic E-state index is 12.2. The fraction of sp³-hybridized carbons (Fsp3) is 0.471. The van der Waals surface area contributed by atoms with Crippen molar-refractivity contribution in [2.45, 2.75) is 33.2 Å². The molecule has 2 N–H and O–H groups in total. The van der Waals surface area contributed by atoms with Gasteiger partial charge in [0.2, 0.25) is 0 Å². The number of carbonyl (C=O) groups is 1. The molecule has 1 aromatic carbocycles. The molecule has 1 rings (SSSR count). The number of nitrogens with one attached hydrogen (secondary N) is 1. The Labute approximate surface area is 126 Å². The highest BCUT2D eigenvalue weighted by Crippen LogP contribution is 2.22. The number of carbonyl (C=O) groups excluding carboxylic acids is 1. The van der Waals surface area contributed by atoms with Gasteiger partial charge in [0, 0.05) is 18.2 Å². The molecule has 0 aliphatic heterocycles. The number of terminal acetylenes is 1. The number of aliphatic hydroxyl groups excluding tert-OH is 1. The Morgan fingerprint density at radius 3 is 2.48 bits per heavy atom. The Morgan fingerprint density at radius 1 is 1.38 bits per heavy atom. The quantitative estimate of drug-likeness (QED) is 0.790. The average Bonchev–Trinajstić information content (AvgIpc) is 2.44. The number of amides is 1. The van der Waals surface area contributed by atoms with Crippen molar-refractivity contribution in [3.63, 3.8) is 0 Å². The zero-order chi connectivity index (χ0) is 15.9. The van der Waals surface area contributed by atoms with Gasteiger partial charge >= 0.3 is 0 Å². The van der Waals surface area contributed by atoms with E-state index in [0.717, 1.165) is 0 Å². The highest BCUT2D eigenvalue weighted by Gasteiger charge is 2.25. The number of hydrogen-bond donors (Lipinski definition) is 2. The van der Waals surface area contributed by atoms with Gasteiger partial charge in [-0.1, -0.05) is 26.7 Å². The smallest absolute Gasteiger partial charge is 0.251 e. The number of ether oxygens (including phenoxy) is 1. The first-order valence-corrected chi connectivity index (χ1v) is 6.96. The van der Waals surface area contributed by atoms with Crippen LogP contribution in [0.25, 0.3) is 0 Å². The molecule has 21 heavy (non-hydrogen) atoms. The Morgan fingerprint density at radius 2 is 2.00 bits per heavy atom. The van der Waals surface area contributed by atoms with Crippen LogP contribution in [-0.2, 0) is 0 Å². The topological polar surface area (TPSA) is 58.6 Å². The molecule has 0 spiro atoms. The molecular formula is C17H23NO3. The molecule has 0 aliphatic carbocycles. The van der Waals surface area contributed by atoms with E-state index in [4.69, 9.17) is 16.3 Å². The second kappa shape index (κ2) is 7.70. The minimum Gasteiger partial charge on any atom is -0.481 e. The van der Waals surface area contributed by atoms with Crippen molar-refractivity contribution in [3.8, 4) is 18.1 Å². The first-order chi connectivity index (χ1) is 9.88. The lowest BCUT2D eigenvalue weighted by Crippen LogP contribution is -2.44. The number of aliphatic hydroxyl groups is 1. The third-order valence-corrected chi connectivity index (χ3v) is 3.21. The highest BCUT2D eigenvalue weighted by atomic mass is 16.5. The van der Waals surface area contributed by atoms with Gasteiger partial charge in [-0.2, -0.15) is 0 Å². The van der Waals surface area contributed by atoms with E-state index < -0.39 is 0 Å². The van der Waals surface area contributed by atoms with E-state index in [1.54, 1.807) is 24.3 Å². The molecule has 1 amide bonds. The molecule has 1 unspecified atom stereocenters. The van der Waals surface area contributed by atoms with Crippen molar-refractivity contribution < 1.29 is 14.6 Å². The third-order valence-electron chi connectivity index (χ3n) is 3.21. The maximum Gasteiger partial charge on any atom is 0.251 e. The van der Waals surface area contributed by atoms with Crippen LogP contribution in [0.1, 0.15) is 37.6 Å². The fourth-order valence-electron chi connectivity index (χ4n) is 1.92. The van der Waals surface area contributed by atoms with E-state index in [1.807, 2.05) is 20.8 Å². The maximum atomic E-state index is 12.2. The van der Waals surface area contributed by atoms with Gasteiger partial charge in [-0.25, -0.2) is 0 Å². The standard InChI is InChI=1S/C17H23NO3/c1-5-12-21-14-8-6-13(7-9-14)16(20)18-15(10-11-19)17(2,3)4/h1,6-9,15,19H,10-12H2,2-4H3,(H,18,20). The Bertz CT molecular complexity index is 494. The van der Waals surface area contributed by atoms with Gasteiger partial charge in [0.05, 0.1) is 0 Å². The van der Waals surface area contributed by atoms with Gasteiger partial charge in [-0.15, -0.1) is 6.42 Å². The van der Waals surface area contributed by atoms with E-state index >= 15 is 0 Å². The number of rotatable bonds is 6. The normalized spacial score (nSPS) is 12.3. The summed E-state index contributed by atoms with van der Waals surface area (Å²) in [6, 6.07) is 6.72. The van der Waals surface area contributed by atoms with Crippen LogP contribution in [0.15, 0.2) is 24.3 Å². The van der Waals surface area contributed by atoms with Gasteiger partial charge in [0.25, 0.3) is 5.91 Å². The molecule has 114 valence electrons. The minimum atomic E-state index is -0.160. The Hall–Kier alpha value is -1.99. The zero-order valence-corrected chi connectivity index (χ0v) is 12.8. The van der Waals surface area contributed by atoms with Gasteiger partial charge in [-0.3, -0.25) is 4.79 Å². The van der Waals surface area contributed by atoms with Crippen LogP contribution in [-0.4, -0.2) is 30.3 Å². The summed E-state index contributed by atoms with van der Waals surface area (Å²) in [6.45, 7) is 6.34. The van der Waals surface area contributed by atoms with Crippen molar-refractivity contribution >= 4 is 5.91 Å². The molecule has 0 aromatic heterocycles. The highest BCUT2D eigenvalue weighted by molar-refractivity contribution is 5.94. The SMILES string of the molecule is C#CCOc1ccc(C(=O)NC(CCO)C(C)(C)C)cc1. The summed E-state index contributed by atoms with van der Waals surface area (Å²) in [5.41, 5.74) is 0.434.